The van der Waals surface area contributed by atoms with Crippen molar-refractivity contribution < 1.29 is 33.4 Å². The lowest BCUT2D eigenvalue weighted by Crippen LogP contribution is -2.30. The Balaban J connectivity index is 1.25. The fraction of sp³-hybridized carbons (Fsp3) is 0.478. The molecule has 0 spiro atoms. The number of hydrogen-bond donors (Lipinski definition) is 4. The zero-order chi connectivity index (χ0) is 25.6. The van der Waals surface area contributed by atoms with Gasteiger partial charge in [-0.15, -0.1) is 0 Å². The summed E-state index contributed by atoms with van der Waals surface area (Å²) in [5, 5.41) is 5.57. The van der Waals surface area contributed by atoms with Crippen molar-refractivity contribution in [2.24, 2.45) is 0 Å². The van der Waals surface area contributed by atoms with Gasteiger partial charge in [-0.2, -0.15) is 0 Å². The molecule has 2 aliphatic heterocycles. The summed E-state index contributed by atoms with van der Waals surface area (Å²) in [5.41, 5.74) is 1.84. The van der Waals surface area contributed by atoms with Crippen molar-refractivity contribution in [1.82, 2.24) is 24.8 Å². The van der Waals surface area contributed by atoms with E-state index in [1.165, 1.54) is 12.7 Å². The Morgan fingerprint density at radius 3 is 2.62 bits per heavy atom. The van der Waals surface area contributed by atoms with Crippen LogP contribution in [0.15, 0.2) is 43.0 Å². The minimum atomic E-state index is -4.23. The monoisotopic (exact) mass is 530 g/mol. The number of hydrogen-bond acceptors (Lipinski definition) is 8. The quantitative estimate of drug-likeness (QED) is 0.316. The first-order valence-electron chi connectivity index (χ1n) is 12.1. The van der Waals surface area contributed by atoms with Gasteiger partial charge < -0.3 is 29.3 Å². The predicted octanol–water partition coefficient (Wildman–Crippen LogP) is 1.93. The molecule has 13 nitrogen and oxygen atoms in total. The van der Waals surface area contributed by atoms with Crippen LogP contribution in [0.4, 0.5) is 10.6 Å². The number of nitrogens with one attached hydrogen (secondary N) is 2. The Bertz CT molecular complexity index is 1330. The Morgan fingerprint density at radius 2 is 1.86 bits per heavy atom. The van der Waals surface area contributed by atoms with Crippen molar-refractivity contribution in [3.8, 4) is 0 Å². The molecular formula is C23H27N6O7P. The van der Waals surface area contributed by atoms with Crippen LogP contribution in [-0.4, -0.2) is 72.1 Å². The molecule has 2 saturated heterocycles. The number of nitrogens with zero attached hydrogens (tertiary/aromatic N) is 4. The molecule has 2 unspecified atom stereocenters. The number of aromatic nitrogens is 4. The molecule has 5 atom stereocenters. The van der Waals surface area contributed by atoms with Gasteiger partial charge in [0.1, 0.15) is 18.5 Å². The zero-order valence-corrected chi connectivity index (χ0v) is 20.6. The minimum Gasteiger partial charge on any atom is -0.349 e. The van der Waals surface area contributed by atoms with Crippen LogP contribution in [0, 0.1) is 0 Å². The molecule has 0 bridgehead atoms. The van der Waals surface area contributed by atoms with Crippen LogP contribution in [0.5, 0.6) is 0 Å². The minimum absolute atomic E-state index is 0.0963. The molecule has 3 fully saturated rings. The van der Waals surface area contributed by atoms with Gasteiger partial charge in [-0.25, -0.2) is 19.7 Å². The van der Waals surface area contributed by atoms with E-state index < -0.39 is 38.4 Å². The van der Waals surface area contributed by atoms with Gasteiger partial charge in [0.25, 0.3) is 0 Å². The van der Waals surface area contributed by atoms with Gasteiger partial charge in [0.15, 0.2) is 29.5 Å². The molecule has 2 amide bonds. The second-order valence-electron chi connectivity index (χ2n) is 9.48. The van der Waals surface area contributed by atoms with E-state index in [1.54, 1.807) is 4.57 Å². The highest BCUT2D eigenvalue weighted by molar-refractivity contribution is 7.51. The maximum atomic E-state index is 12.3. The molecule has 2 aromatic heterocycles. The second-order valence-corrected chi connectivity index (χ2v) is 11.3. The number of amides is 2. The molecule has 1 aliphatic carbocycles. The topological polar surface area (TPSA) is 170 Å². The molecule has 14 heteroatoms. The summed E-state index contributed by atoms with van der Waals surface area (Å²) in [5.74, 6) is 0.264. The summed E-state index contributed by atoms with van der Waals surface area (Å²) in [7, 11) is -4.23. The molecular weight excluding hydrogens is 503 g/mol. The van der Waals surface area contributed by atoms with E-state index in [4.69, 9.17) is 14.2 Å². The molecule has 1 saturated carbocycles. The number of carbonyl (C=O) groups excluding carboxylic acids is 1. The number of benzene rings is 1. The smallest absolute Gasteiger partial charge is 0.325 e. The first-order valence-corrected chi connectivity index (χ1v) is 13.9. The highest BCUT2D eigenvalue weighted by atomic mass is 31.2. The Morgan fingerprint density at radius 1 is 1.08 bits per heavy atom. The normalized spacial score (nSPS) is 27.4. The summed E-state index contributed by atoms with van der Waals surface area (Å²) in [6.45, 7) is 0. The average Bonchev–Trinajstić information content (AvgIpc) is 3.26. The van der Waals surface area contributed by atoms with Gasteiger partial charge in [0, 0.05) is 12.5 Å². The van der Waals surface area contributed by atoms with Crippen molar-refractivity contribution in [1.29, 1.82) is 0 Å². The Kier molecular flexibility index (Phi) is 6.43. The Labute approximate surface area is 211 Å². The average molecular weight is 530 g/mol. The molecule has 0 radical (unpaired) electrons. The van der Waals surface area contributed by atoms with Crippen LogP contribution >= 0.6 is 7.60 Å². The third-order valence-corrected chi connectivity index (χ3v) is 7.47. The van der Waals surface area contributed by atoms with Crippen molar-refractivity contribution in [3.63, 3.8) is 0 Å². The molecule has 4 heterocycles. The molecule has 196 valence electrons. The summed E-state index contributed by atoms with van der Waals surface area (Å²) >= 11 is 0. The van der Waals surface area contributed by atoms with Gasteiger partial charge in [-0.3, -0.25) is 14.4 Å². The van der Waals surface area contributed by atoms with E-state index in [0.717, 1.165) is 18.4 Å². The van der Waals surface area contributed by atoms with Gasteiger partial charge in [0.05, 0.1) is 18.6 Å². The standard InChI is InChI=1S/C23H27N6O7P/c30-23(27-14-6-7-14)28-20-17-21(25-11-24-20)29(12-26-17)22-19-18(15(34-22)8-9-37(31,32)33)35-16(36-19)10-13-4-2-1-3-5-13/h1-5,11-12,14-16,18-19,22H,6-10H2,(H2,31,32,33)(H2,24,25,27,28,30)/t15-,16?,18+,19?,22-/m1/s1. The third-order valence-electron chi connectivity index (χ3n) is 6.63. The fourth-order valence-electron chi connectivity index (χ4n) is 4.74. The van der Waals surface area contributed by atoms with Gasteiger partial charge in [-0.1, -0.05) is 30.3 Å². The molecule has 37 heavy (non-hydrogen) atoms. The van der Waals surface area contributed by atoms with Crippen LogP contribution < -0.4 is 10.6 Å². The predicted molar refractivity (Wildman–Crippen MR) is 130 cm³/mol. The number of anilines is 1. The van der Waals surface area contributed by atoms with Crippen LogP contribution in [0.3, 0.4) is 0 Å². The summed E-state index contributed by atoms with van der Waals surface area (Å²) in [4.78, 5) is 44.1. The highest BCUT2D eigenvalue weighted by Gasteiger charge is 2.53. The molecule has 3 aromatic rings. The number of ether oxygens (including phenoxy) is 3. The fourth-order valence-corrected chi connectivity index (χ4v) is 5.33. The van der Waals surface area contributed by atoms with Gasteiger partial charge in [0.2, 0.25) is 0 Å². The summed E-state index contributed by atoms with van der Waals surface area (Å²) in [6.07, 6.45) is 2.10. The van der Waals surface area contributed by atoms with Gasteiger partial charge in [-0.05, 0) is 24.8 Å². The van der Waals surface area contributed by atoms with Crippen LogP contribution in [0.1, 0.15) is 31.1 Å². The number of rotatable bonds is 8. The zero-order valence-electron chi connectivity index (χ0n) is 19.7. The maximum absolute atomic E-state index is 12.3. The first-order chi connectivity index (χ1) is 17.8. The van der Waals surface area contributed by atoms with E-state index >= 15 is 0 Å². The molecule has 3 aliphatic rings. The molecule has 4 N–H and O–H groups in total. The third kappa shape index (κ3) is 5.37. The number of fused-ring (bicyclic) bond motifs is 2. The summed E-state index contributed by atoms with van der Waals surface area (Å²) < 4.78 is 31.9. The van der Waals surface area contributed by atoms with E-state index in [-0.39, 0.29) is 30.5 Å². The lowest BCUT2D eigenvalue weighted by atomic mass is 10.1. The Hall–Kier alpha value is -2.93. The lowest BCUT2D eigenvalue weighted by molar-refractivity contribution is -0.143. The van der Waals surface area contributed by atoms with Crippen molar-refractivity contribution in [2.75, 3.05) is 11.5 Å². The maximum Gasteiger partial charge on any atom is 0.325 e. The number of imidazole rings is 1. The van der Waals surface area contributed by atoms with Crippen molar-refractivity contribution in [2.45, 2.75) is 62.6 Å². The number of carbonyl (C=O) groups is 1. The van der Waals surface area contributed by atoms with Crippen LogP contribution in [0.2, 0.25) is 0 Å². The van der Waals surface area contributed by atoms with E-state index in [0.29, 0.717) is 17.6 Å². The number of urea groups is 1. The largest absolute Gasteiger partial charge is 0.349 e. The molecule has 1 aromatic carbocycles. The summed E-state index contributed by atoms with van der Waals surface area (Å²) in [6, 6.07) is 9.60. The SMILES string of the molecule is O=C(Nc1ncnc2c1ncn2[C@@H]1O[C@H](CCP(=O)(O)O)[C@@H]2OC(Cc3ccccc3)OC21)NC1CC1. The van der Waals surface area contributed by atoms with E-state index in [1.807, 2.05) is 30.3 Å². The molecule has 6 rings (SSSR count). The van der Waals surface area contributed by atoms with E-state index in [9.17, 15) is 19.1 Å². The second kappa shape index (κ2) is 9.75. The first kappa shape index (κ1) is 24.4. The lowest BCUT2D eigenvalue weighted by Gasteiger charge is -2.21. The van der Waals surface area contributed by atoms with Gasteiger partial charge >= 0.3 is 13.6 Å². The van der Waals surface area contributed by atoms with Crippen LogP contribution in [0.25, 0.3) is 11.2 Å². The van der Waals surface area contributed by atoms with Crippen molar-refractivity contribution in [3.05, 3.63) is 48.5 Å². The van der Waals surface area contributed by atoms with Crippen LogP contribution in [-0.2, 0) is 25.2 Å². The van der Waals surface area contributed by atoms with Crippen molar-refractivity contribution >= 4 is 30.6 Å². The highest BCUT2D eigenvalue weighted by Crippen LogP contribution is 2.44. The van der Waals surface area contributed by atoms with E-state index in [2.05, 4.69) is 25.6 Å².